The predicted octanol–water partition coefficient (Wildman–Crippen LogP) is 0.902. The first-order valence-corrected chi connectivity index (χ1v) is 10.4. The maximum atomic E-state index is 10.7. The van der Waals surface area contributed by atoms with E-state index in [0.29, 0.717) is 19.3 Å². The minimum Gasteiger partial charge on any atom is -0.391 e. The summed E-state index contributed by atoms with van der Waals surface area (Å²) in [6.07, 6.45) is 21.2. The summed E-state index contributed by atoms with van der Waals surface area (Å²) >= 11 is 0. The Balaban J connectivity index is 4.71. The van der Waals surface area contributed by atoms with Crippen LogP contribution in [0.15, 0.2) is 48.6 Å². The monoisotopic (exact) mass is 385 g/mol. The van der Waals surface area contributed by atoms with Crippen molar-refractivity contribution in [2.24, 2.45) is 5.73 Å². The van der Waals surface area contributed by atoms with Crippen LogP contribution < -0.4 is 5.73 Å². The number of rotatable bonds is 14. The van der Waals surface area contributed by atoms with Crippen LogP contribution in [0, 0.1) is 0 Å². The van der Waals surface area contributed by atoms with E-state index < -0.39 is 11.0 Å². The zero-order chi connectivity index (χ0) is 21.7. The van der Waals surface area contributed by atoms with Crippen LogP contribution in [-0.2, 0) is 4.79 Å². The Morgan fingerprint density at radius 3 is 1.93 bits per heavy atom. The lowest BCUT2D eigenvalue weighted by atomic mass is 9.68. The van der Waals surface area contributed by atoms with Gasteiger partial charge in [0.2, 0.25) is 5.91 Å². The summed E-state index contributed by atoms with van der Waals surface area (Å²) in [7, 11) is 5.44. The molecular formula is C21H38B3NO3. The van der Waals surface area contributed by atoms with Gasteiger partial charge in [-0.05, 0) is 31.0 Å². The van der Waals surface area contributed by atoms with Crippen LogP contribution in [-0.4, -0.2) is 50.7 Å². The zero-order valence-electron chi connectivity index (χ0n) is 18.4. The molecule has 3 atom stereocenters. The van der Waals surface area contributed by atoms with Gasteiger partial charge in [-0.15, -0.1) is 0 Å². The first-order valence-electron chi connectivity index (χ1n) is 10.4. The fourth-order valence-corrected chi connectivity index (χ4v) is 2.50. The summed E-state index contributed by atoms with van der Waals surface area (Å²) in [5.41, 5.74) is 2.78. The summed E-state index contributed by atoms with van der Waals surface area (Å²) < 4.78 is 0. The first kappa shape index (κ1) is 26.5. The summed E-state index contributed by atoms with van der Waals surface area (Å²) in [6.45, 7) is 4.30. The van der Waals surface area contributed by atoms with Crippen molar-refractivity contribution in [1.82, 2.24) is 0 Å². The van der Waals surface area contributed by atoms with Crippen molar-refractivity contribution in [3.8, 4) is 0 Å². The quantitative estimate of drug-likeness (QED) is 0.236. The average molecular weight is 385 g/mol. The van der Waals surface area contributed by atoms with E-state index in [1.54, 1.807) is 40.0 Å². The van der Waals surface area contributed by atoms with Crippen molar-refractivity contribution >= 4 is 29.4 Å². The molecule has 0 aliphatic rings. The number of unbranched alkanes of at least 4 members (excludes halogenated alkanes) is 4. The van der Waals surface area contributed by atoms with Gasteiger partial charge in [0.1, 0.15) is 7.85 Å². The SMILES string of the molecule is BC(C)(/C=C\CCCCC)/C=C\C(B)(O)/C=C\C(B)(O)/C=C\CCCC(N)=O. The van der Waals surface area contributed by atoms with Crippen LogP contribution in [0.25, 0.3) is 0 Å². The molecule has 0 saturated carbocycles. The van der Waals surface area contributed by atoms with Gasteiger partial charge in [0.05, 0.1) is 11.0 Å². The Kier molecular flexibility index (Phi) is 12.2. The summed E-state index contributed by atoms with van der Waals surface area (Å²) in [5, 5.41) is 20.8. The van der Waals surface area contributed by atoms with Crippen LogP contribution in [0.3, 0.4) is 0 Å². The summed E-state index contributed by atoms with van der Waals surface area (Å²) in [5.74, 6) is -0.318. The van der Waals surface area contributed by atoms with Gasteiger partial charge in [-0.3, -0.25) is 4.79 Å². The van der Waals surface area contributed by atoms with Crippen LogP contribution in [0.5, 0.6) is 0 Å². The summed E-state index contributed by atoms with van der Waals surface area (Å²) in [6, 6.07) is 0. The maximum Gasteiger partial charge on any atom is 0.217 e. The van der Waals surface area contributed by atoms with Crippen molar-refractivity contribution in [1.29, 1.82) is 0 Å². The number of hydrogen-bond acceptors (Lipinski definition) is 3. The van der Waals surface area contributed by atoms with E-state index in [9.17, 15) is 15.0 Å². The van der Waals surface area contributed by atoms with E-state index in [1.807, 2.05) is 12.2 Å². The minimum atomic E-state index is -1.17. The molecule has 0 aromatic heterocycles. The maximum absolute atomic E-state index is 10.7. The smallest absolute Gasteiger partial charge is 0.217 e. The number of carbonyl (C=O) groups is 1. The van der Waals surface area contributed by atoms with Crippen LogP contribution in [0.2, 0.25) is 5.31 Å². The molecule has 3 unspecified atom stereocenters. The second-order valence-corrected chi connectivity index (χ2v) is 8.60. The van der Waals surface area contributed by atoms with E-state index in [0.717, 1.165) is 6.42 Å². The first-order chi connectivity index (χ1) is 12.9. The topological polar surface area (TPSA) is 83.6 Å². The van der Waals surface area contributed by atoms with Crippen LogP contribution in [0.4, 0.5) is 0 Å². The fourth-order valence-electron chi connectivity index (χ4n) is 2.50. The van der Waals surface area contributed by atoms with E-state index in [2.05, 4.69) is 33.8 Å². The molecule has 0 aliphatic heterocycles. The average Bonchev–Trinajstić information content (AvgIpc) is 2.58. The molecule has 4 N–H and O–H groups in total. The second-order valence-electron chi connectivity index (χ2n) is 8.60. The molecule has 0 rings (SSSR count). The molecule has 1 amide bonds. The largest absolute Gasteiger partial charge is 0.391 e. The number of allylic oxidation sites excluding steroid dienone is 4. The van der Waals surface area contributed by atoms with Gasteiger partial charge in [-0.2, -0.15) is 0 Å². The molecular weight excluding hydrogens is 347 g/mol. The number of nitrogens with two attached hydrogens (primary N) is 1. The van der Waals surface area contributed by atoms with Crippen molar-refractivity contribution in [3.05, 3.63) is 48.6 Å². The Hall–Kier alpha value is -1.46. The number of amides is 1. The van der Waals surface area contributed by atoms with Gasteiger partial charge < -0.3 is 15.9 Å². The molecule has 7 heteroatoms. The van der Waals surface area contributed by atoms with Crippen molar-refractivity contribution < 1.29 is 15.0 Å². The number of carbonyl (C=O) groups excluding carboxylic acids is 1. The molecule has 0 bridgehead atoms. The molecule has 0 aromatic rings. The highest BCUT2D eigenvalue weighted by molar-refractivity contribution is 6.20. The third-order valence-electron chi connectivity index (χ3n) is 4.38. The van der Waals surface area contributed by atoms with Gasteiger partial charge in [0.25, 0.3) is 0 Å². The Morgan fingerprint density at radius 2 is 1.36 bits per heavy atom. The highest BCUT2D eigenvalue weighted by Crippen LogP contribution is 2.26. The molecule has 0 saturated heterocycles. The normalized spacial score (nSPS) is 19.3. The Bertz CT molecular complexity index is 579. The lowest BCUT2D eigenvalue weighted by Gasteiger charge is -2.21. The van der Waals surface area contributed by atoms with Crippen molar-refractivity contribution in [2.75, 3.05) is 0 Å². The van der Waals surface area contributed by atoms with Crippen molar-refractivity contribution in [2.45, 2.75) is 75.1 Å². The standard InChI is InChI=1S/C21H38B3NO3/c1-3-4-5-6-9-12-19(2,22)14-15-21(24,28)17-16-20(23,27)13-10-7-8-11-18(25)26/h9-10,12-17,27-28H,3-8,11,22-24H2,1-2H3,(H2,25,26)/b12-9-,13-10-,15-14-,17-16-. The molecule has 28 heavy (non-hydrogen) atoms. The molecule has 4 nitrogen and oxygen atoms in total. The second kappa shape index (κ2) is 12.9. The van der Waals surface area contributed by atoms with Gasteiger partial charge in [-0.1, -0.05) is 75.3 Å². The lowest BCUT2D eigenvalue weighted by Crippen LogP contribution is -2.28. The Morgan fingerprint density at radius 1 is 0.857 bits per heavy atom. The lowest BCUT2D eigenvalue weighted by molar-refractivity contribution is -0.118. The van der Waals surface area contributed by atoms with E-state index >= 15 is 0 Å². The highest BCUT2D eigenvalue weighted by Gasteiger charge is 2.18. The number of primary amides is 1. The van der Waals surface area contributed by atoms with Crippen LogP contribution in [0.1, 0.15) is 58.8 Å². The highest BCUT2D eigenvalue weighted by atomic mass is 16.3. The molecule has 0 fully saturated rings. The summed E-state index contributed by atoms with van der Waals surface area (Å²) in [4.78, 5) is 10.7. The van der Waals surface area contributed by atoms with Crippen LogP contribution >= 0.6 is 0 Å². The number of hydrogen-bond donors (Lipinski definition) is 3. The Labute approximate surface area is 174 Å². The minimum absolute atomic E-state index is 0.146. The third-order valence-corrected chi connectivity index (χ3v) is 4.38. The molecule has 0 heterocycles. The van der Waals surface area contributed by atoms with E-state index in [1.165, 1.54) is 19.3 Å². The number of aliphatic hydroxyl groups is 2. The van der Waals surface area contributed by atoms with Crippen molar-refractivity contribution in [3.63, 3.8) is 0 Å². The zero-order valence-corrected chi connectivity index (χ0v) is 18.4. The molecule has 0 radical (unpaired) electrons. The van der Waals surface area contributed by atoms with Gasteiger partial charge in [0.15, 0.2) is 15.7 Å². The van der Waals surface area contributed by atoms with E-state index in [-0.39, 0.29) is 11.2 Å². The van der Waals surface area contributed by atoms with E-state index in [4.69, 9.17) is 5.73 Å². The predicted molar refractivity (Wildman–Crippen MR) is 128 cm³/mol. The molecule has 0 spiro atoms. The molecule has 0 aliphatic carbocycles. The van der Waals surface area contributed by atoms with Gasteiger partial charge >= 0.3 is 0 Å². The molecule has 154 valence electrons. The van der Waals surface area contributed by atoms with Gasteiger partial charge in [-0.25, -0.2) is 0 Å². The van der Waals surface area contributed by atoms with Gasteiger partial charge in [0, 0.05) is 6.42 Å². The molecule has 0 aromatic carbocycles. The fraction of sp³-hybridized carbons (Fsp3) is 0.571. The third kappa shape index (κ3) is 15.6.